The highest BCUT2D eigenvalue weighted by molar-refractivity contribution is 6.09. The van der Waals surface area contributed by atoms with Gasteiger partial charge < -0.3 is 19.1 Å². The van der Waals surface area contributed by atoms with E-state index in [1.54, 1.807) is 7.11 Å². The van der Waals surface area contributed by atoms with E-state index in [-0.39, 0.29) is 5.41 Å². The van der Waals surface area contributed by atoms with E-state index in [4.69, 9.17) is 14.2 Å². The second kappa shape index (κ2) is 6.76. The molecular weight excluding hydrogens is 386 g/mol. The Morgan fingerprint density at radius 3 is 2.58 bits per heavy atom. The standard InChI is InChI=1S/C27H27NO3/c1-27(2)21-7-5-4-6-19(21)23-20-16-17(28-11-14-30-15-12-28)8-9-18(20)26-24(25(23)27)22(29-3)10-13-31-26/h4-10,16H,11-15H2,1-3H3. The first-order valence-corrected chi connectivity index (χ1v) is 11.1. The lowest BCUT2D eigenvalue weighted by Crippen LogP contribution is -2.36. The summed E-state index contributed by atoms with van der Waals surface area (Å²) in [6.45, 7) is 8.57. The summed E-state index contributed by atoms with van der Waals surface area (Å²) in [6, 6.07) is 15.6. The highest BCUT2D eigenvalue weighted by Crippen LogP contribution is 2.57. The maximum Gasteiger partial charge on any atom is 0.138 e. The predicted molar refractivity (Wildman–Crippen MR) is 125 cm³/mol. The maximum atomic E-state index is 6.28. The van der Waals surface area contributed by atoms with E-state index in [1.165, 1.54) is 33.3 Å². The van der Waals surface area contributed by atoms with Gasteiger partial charge in [-0.25, -0.2) is 0 Å². The van der Waals surface area contributed by atoms with Crippen LogP contribution in [0.5, 0.6) is 5.75 Å². The Labute approximate surface area is 183 Å². The van der Waals surface area contributed by atoms with Gasteiger partial charge in [-0.2, -0.15) is 0 Å². The Bertz CT molecular complexity index is 1230. The fraction of sp³-hybridized carbons (Fsp3) is 0.333. The quantitative estimate of drug-likeness (QED) is 0.566. The molecule has 4 heteroatoms. The van der Waals surface area contributed by atoms with Crippen molar-refractivity contribution in [3.05, 3.63) is 65.2 Å². The fourth-order valence-corrected chi connectivity index (χ4v) is 5.62. The Hall–Kier alpha value is -2.98. The van der Waals surface area contributed by atoms with Crippen LogP contribution in [0.15, 0.2) is 48.5 Å². The van der Waals surface area contributed by atoms with Crippen molar-refractivity contribution in [2.24, 2.45) is 0 Å². The van der Waals surface area contributed by atoms with Crippen molar-refractivity contribution >= 4 is 22.2 Å². The van der Waals surface area contributed by atoms with Crippen LogP contribution >= 0.6 is 0 Å². The zero-order valence-corrected chi connectivity index (χ0v) is 18.3. The molecule has 158 valence electrons. The van der Waals surface area contributed by atoms with Gasteiger partial charge in [0.1, 0.15) is 18.1 Å². The van der Waals surface area contributed by atoms with Crippen molar-refractivity contribution in [2.45, 2.75) is 19.3 Å². The summed E-state index contributed by atoms with van der Waals surface area (Å²) in [7, 11) is 1.76. The molecule has 1 aliphatic carbocycles. The van der Waals surface area contributed by atoms with Gasteiger partial charge in [0.2, 0.25) is 0 Å². The Kier molecular flexibility index (Phi) is 4.09. The predicted octanol–water partition coefficient (Wildman–Crippen LogP) is 5.36. The number of methoxy groups -OCH3 is 1. The van der Waals surface area contributed by atoms with Crippen LogP contribution < -0.4 is 9.64 Å². The maximum absolute atomic E-state index is 6.28. The molecule has 4 nitrogen and oxygen atoms in total. The van der Waals surface area contributed by atoms with E-state index < -0.39 is 0 Å². The average Bonchev–Trinajstić information content (AvgIpc) is 3.06. The first-order chi connectivity index (χ1) is 15.1. The van der Waals surface area contributed by atoms with Gasteiger partial charge in [-0.3, -0.25) is 0 Å². The minimum absolute atomic E-state index is 0.141. The van der Waals surface area contributed by atoms with Crippen LogP contribution in [0.25, 0.3) is 27.7 Å². The molecule has 0 saturated carbocycles. The van der Waals surface area contributed by atoms with Gasteiger partial charge >= 0.3 is 0 Å². The molecule has 0 spiro atoms. The summed E-state index contributed by atoms with van der Waals surface area (Å²) in [4.78, 5) is 2.42. The number of anilines is 1. The summed E-state index contributed by atoms with van der Waals surface area (Å²) >= 11 is 0. The Morgan fingerprint density at radius 1 is 0.968 bits per heavy atom. The van der Waals surface area contributed by atoms with Crippen LogP contribution in [0.3, 0.4) is 0 Å². The highest BCUT2D eigenvalue weighted by Gasteiger charge is 2.42. The number of morpholine rings is 1. The van der Waals surface area contributed by atoms with E-state index >= 15 is 0 Å². The van der Waals surface area contributed by atoms with E-state index in [9.17, 15) is 0 Å². The summed E-state index contributed by atoms with van der Waals surface area (Å²) in [5.74, 6) is 1.86. The largest absolute Gasteiger partial charge is 0.496 e. The van der Waals surface area contributed by atoms with Gasteiger partial charge in [0.25, 0.3) is 0 Å². The molecule has 1 fully saturated rings. The molecule has 3 aromatic rings. The summed E-state index contributed by atoms with van der Waals surface area (Å²) in [6.07, 6.45) is 2.05. The molecule has 31 heavy (non-hydrogen) atoms. The van der Waals surface area contributed by atoms with E-state index in [1.807, 2.05) is 0 Å². The molecule has 3 aliphatic rings. The van der Waals surface area contributed by atoms with Gasteiger partial charge in [0, 0.05) is 29.6 Å². The van der Waals surface area contributed by atoms with Crippen LogP contribution in [-0.4, -0.2) is 40.0 Å². The van der Waals surface area contributed by atoms with Crippen LogP contribution in [0.2, 0.25) is 0 Å². The van der Waals surface area contributed by atoms with Crippen molar-refractivity contribution in [1.29, 1.82) is 0 Å². The highest BCUT2D eigenvalue weighted by atomic mass is 16.5. The smallest absolute Gasteiger partial charge is 0.138 e. The average molecular weight is 414 g/mol. The third-order valence-electron chi connectivity index (χ3n) is 7.08. The number of nitrogens with zero attached hydrogens (tertiary/aromatic N) is 1. The molecule has 1 saturated heterocycles. The molecule has 0 amide bonds. The van der Waals surface area contributed by atoms with Crippen LogP contribution in [0.1, 0.15) is 30.5 Å². The second-order valence-corrected chi connectivity index (χ2v) is 9.04. The lowest BCUT2D eigenvalue weighted by molar-refractivity contribution is 0.122. The molecule has 2 aliphatic heterocycles. The third kappa shape index (κ3) is 2.58. The number of hydrogen-bond acceptors (Lipinski definition) is 4. The Morgan fingerprint density at radius 2 is 1.77 bits per heavy atom. The molecular formula is C27H27NO3. The van der Waals surface area contributed by atoms with Crippen molar-refractivity contribution in [3.8, 4) is 16.9 Å². The molecule has 0 atom stereocenters. The minimum Gasteiger partial charge on any atom is -0.496 e. The van der Waals surface area contributed by atoms with Gasteiger partial charge in [-0.1, -0.05) is 38.1 Å². The van der Waals surface area contributed by atoms with E-state index in [2.05, 4.69) is 67.3 Å². The van der Waals surface area contributed by atoms with Gasteiger partial charge in [0.05, 0.1) is 25.9 Å². The zero-order chi connectivity index (χ0) is 21.2. The topological polar surface area (TPSA) is 30.9 Å². The van der Waals surface area contributed by atoms with Crippen molar-refractivity contribution in [2.75, 3.05) is 44.9 Å². The van der Waals surface area contributed by atoms with Gasteiger partial charge in [0.15, 0.2) is 0 Å². The molecule has 0 bridgehead atoms. The molecule has 0 aromatic heterocycles. The monoisotopic (exact) mass is 413 g/mol. The third-order valence-corrected chi connectivity index (χ3v) is 7.08. The molecule has 3 aromatic carbocycles. The minimum atomic E-state index is -0.141. The zero-order valence-electron chi connectivity index (χ0n) is 18.3. The van der Waals surface area contributed by atoms with Crippen LogP contribution in [-0.2, 0) is 14.9 Å². The lowest BCUT2D eigenvalue weighted by atomic mass is 9.78. The second-order valence-electron chi connectivity index (χ2n) is 9.04. The van der Waals surface area contributed by atoms with Crippen molar-refractivity contribution in [1.82, 2.24) is 0 Å². The number of benzene rings is 3. The van der Waals surface area contributed by atoms with Gasteiger partial charge in [-0.05, 0) is 51.9 Å². The molecule has 0 radical (unpaired) electrons. The summed E-state index contributed by atoms with van der Waals surface area (Å²) < 4.78 is 17.7. The number of rotatable bonds is 2. The van der Waals surface area contributed by atoms with E-state index in [0.29, 0.717) is 6.61 Å². The molecule has 2 heterocycles. The van der Waals surface area contributed by atoms with Crippen molar-refractivity contribution in [3.63, 3.8) is 0 Å². The SMILES string of the molecule is COC1=CCOc2c1c1c(c3cc(N4CCOCC4)ccc23)-c2ccccc2C1(C)C. The molecule has 6 rings (SSSR count). The first-order valence-electron chi connectivity index (χ1n) is 11.1. The number of hydrogen-bond donors (Lipinski definition) is 0. The van der Waals surface area contributed by atoms with Crippen molar-refractivity contribution < 1.29 is 14.2 Å². The summed E-state index contributed by atoms with van der Waals surface area (Å²) in [5.41, 5.74) is 7.52. The van der Waals surface area contributed by atoms with E-state index in [0.717, 1.165) is 48.8 Å². The molecule has 0 N–H and O–H groups in total. The van der Waals surface area contributed by atoms with Gasteiger partial charge in [-0.15, -0.1) is 0 Å². The molecule has 0 unspecified atom stereocenters. The first kappa shape index (κ1) is 18.8. The number of ether oxygens (including phenoxy) is 3. The lowest BCUT2D eigenvalue weighted by Gasteiger charge is -2.31. The van der Waals surface area contributed by atoms with Crippen LogP contribution in [0, 0.1) is 0 Å². The number of fused-ring (bicyclic) bond motifs is 8. The normalized spacial score (nSPS) is 18.7. The summed E-state index contributed by atoms with van der Waals surface area (Å²) in [5, 5.41) is 2.41. The fourth-order valence-electron chi connectivity index (χ4n) is 5.62. The van der Waals surface area contributed by atoms with Crippen LogP contribution in [0.4, 0.5) is 5.69 Å². The Balaban J connectivity index is 1.72.